The zero-order valence-corrected chi connectivity index (χ0v) is 9.58. The van der Waals surface area contributed by atoms with Gasteiger partial charge in [-0.3, -0.25) is 4.21 Å². The first-order valence-electron chi connectivity index (χ1n) is 4.72. The lowest BCUT2D eigenvalue weighted by atomic mass is 10.2. The molecular weight excluding hydrogens is 212 g/mol. The van der Waals surface area contributed by atoms with Crippen LogP contribution in [0.2, 0.25) is 0 Å². The molecule has 1 rings (SSSR count). The van der Waals surface area contributed by atoms with Crippen LogP contribution in [0.5, 0.6) is 0 Å². The highest BCUT2D eigenvalue weighted by Gasteiger charge is 2.09. The third-order valence-corrected chi connectivity index (χ3v) is 3.58. The van der Waals surface area contributed by atoms with E-state index in [9.17, 15) is 9.00 Å². The van der Waals surface area contributed by atoms with Crippen molar-refractivity contribution in [1.82, 2.24) is 0 Å². The first-order chi connectivity index (χ1) is 7.00. The zero-order valence-electron chi connectivity index (χ0n) is 8.77. The van der Waals surface area contributed by atoms with Gasteiger partial charge in [-0.1, -0.05) is 19.9 Å². The van der Waals surface area contributed by atoms with Crippen molar-refractivity contribution < 1.29 is 14.1 Å². The minimum Gasteiger partial charge on any atom is -0.478 e. The highest BCUT2D eigenvalue weighted by molar-refractivity contribution is 7.85. The minimum atomic E-state index is -1.10. The van der Waals surface area contributed by atoms with E-state index in [2.05, 4.69) is 0 Å². The maximum Gasteiger partial charge on any atom is 0.335 e. The Morgan fingerprint density at radius 2 is 2.13 bits per heavy atom. The van der Waals surface area contributed by atoms with Crippen LogP contribution in [-0.4, -0.2) is 21.0 Å². The maximum absolute atomic E-state index is 11.7. The van der Waals surface area contributed by atoms with E-state index in [-0.39, 0.29) is 5.56 Å². The molecule has 1 unspecified atom stereocenters. The van der Waals surface area contributed by atoms with Gasteiger partial charge in [-0.2, -0.15) is 0 Å². The number of carboxylic acid groups (broad SMARTS) is 1. The van der Waals surface area contributed by atoms with E-state index in [1.165, 1.54) is 12.1 Å². The number of rotatable bonds is 4. The van der Waals surface area contributed by atoms with Crippen LogP contribution in [-0.2, 0) is 10.8 Å². The van der Waals surface area contributed by atoms with E-state index in [0.717, 1.165) is 0 Å². The fourth-order valence-corrected chi connectivity index (χ4v) is 2.46. The summed E-state index contributed by atoms with van der Waals surface area (Å²) in [6.45, 7) is 3.97. The van der Waals surface area contributed by atoms with Crippen molar-refractivity contribution in [2.24, 2.45) is 5.92 Å². The molecule has 0 heterocycles. The average molecular weight is 226 g/mol. The molecule has 0 bridgehead atoms. The van der Waals surface area contributed by atoms with Crippen molar-refractivity contribution in [3.63, 3.8) is 0 Å². The summed E-state index contributed by atoms with van der Waals surface area (Å²) in [5.41, 5.74) is 0.185. The smallest absolute Gasteiger partial charge is 0.335 e. The fourth-order valence-electron chi connectivity index (χ4n) is 1.17. The van der Waals surface area contributed by atoms with Gasteiger partial charge in [0.15, 0.2) is 0 Å². The molecule has 0 saturated carbocycles. The monoisotopic (exact) mass is 226 g/mol. The van der Waals surface area contributed by atoms with Crippen LogP contribution in [0.25, 0.3) is 0 Å². The summed E-state index contributed by atoms with van der Waals surface area (Å²) in [4.78, 5) is 11.3. The van der Waals surface area contributed by atoms with Crippen LogP contribution in [0, 0.1) is 5.92 Å². The fraction of sp³-hybridized carbons (Fsp3) is 0.364. The van der Waals surface area contributed by atoms with Gasteiger partial charge in [0.2, 0.25) is 0 Å². The molecule has 1 aromatic carbocycles. The molecule has 1 N–H and O–H groups in total. The van der Waals surface area contributed by atoms with Crippen molar-refractivity contribution >= 4 is 16.8 Å². The van der Waals surface area contributed by atoms with Crippen LogP contribution in [0.3, 0.4) is 0 Å². The van der Waals surface area contributed by atoms with Crippen molar-refractivity contribution in [2.45, 2.75) is 18.7 Å². The number of hydrogen-bond donors (Lipinski definition) is 1. The number of carboxylic acids is 1. The van der Waals surface area contributed by atoms with Gasteiger partial charge in [0.25, 0.3) is 0 Å². The Bertz CT molecular complexity index is 385. The standard InChI is InChI=1S/C11H14O3S/c1-8(2)7-15(14)10-5-3-4-9(6-10)11(12)13/h3-6,8H,7H2,1-2H3,(H,12,13). The lowest BCUT2D eigenvalue weighted by Crippen LogP contribution is -2.06. The quantitative estimate of drug-likeness (QED) is 0.855. The van der Waals surface area contributed by atoms with E-state index >= 15 is 0 Å². The molecule has 1 aromatic rings. The first kappa shape index (κ1) is 11.9. The van der Waals surface area contributed by atoms with E-state index in [1.807, 2.05) is 13.8 Å². The Morgan fingerprint density at radius 3 is 2.67 bits per heavy atom. The Hall–Kier alpha value is -1.16. The molecule has 0 radical (unpaired) electrons. The van der Waals surface area contributed by atoms with Crippen LogP contribution in [0.15, 0.2) is 29.2 Å². The number of hydrogen-bond acceptors (Lipinski definition) is 2. The van der Waals surface area contributed by atoms with Gasteiger partial charge in [-0.15, -0.1) is 0 Å². The molecular formula is C11H14O3S. The van der Waals surface area contributed by atoms with E-state index < -0.39 is 16.8 Å². The second-order valence-corrected chi connectivity index (χ2v) is 5.23. The number of aromatic carboxylic acids is 1. The lowest BCUT2D eigenvalue weighted by Gasteiger charge is -2.05. The van der Waals surface area contributed by atoms with Gasteiger partial charge in [-0.05, 0) is 24.1 Å². The third kappa shape index (κ3) is 3.47. The van der Waals surface area contributed by atoms with Crippen molar-refractivity contribution in [3.8, 4) is 0 Å². The molecule has 15 heavy (non-hydrogen) atoms. The number of benzene rings is 1. The Kier molecular flexibility index (Phi) is 4.03. The Labute approximate surface area is 91.6 Å². The molecule has 0 aliphatic carbocycles. The summed E-state index contributed by atoms with van der Waals surface area (Å²) >= 11 is 0. The summed E-state index contributed by atoms with van der Waals surface area (Å²) in [5, 5.41) is 8.77. The summed E-state index contributed by atoms with van der Waals surface area (Å²) in [6, 6.07) is 6.29. The Morgan fingerprint density at radius 1 is 1.47 bits per heavy atom. The maximum atomic E-state index is 11.7. The Balaban J connectivity index is 2.90. The largest absolute Gasteiger partial charge is 0.478 e. The molecule has 0 fully saturated rings. The molecule has 4 heteroatoms. The summed E-state index contributed by atoms with van der Waals surface area (Å²) in [7, 11) is -1.10. The first-order valence-corrected chi connectivity index (χ1v) is 6.04. The SMILES string of the molecule is CC(C)CS(=O)c1cccc(C(=O)O)c1. The van der Waals surface area contributed by atoms with Crippen molar-refractivity contribution in [2.75, 3.05) is 5.75 Å². The summed E-state index contributed by atoms with van der Waals surface area (Å²) in [5.74, 6) is -0.0963. The molecule has 0 aromatic heterocycles. The zero-order chi connectivity index (χ0) is 11.4. The number of carbonyl (C=O) groups is 1. The minimum absolute atomic E-state index is 0.185. The second kappa shape index (κ2) is 5.07. The van der Waals surface area contributed by atoms with Gasteiger partial charge in [0.05, 0.1) is 16.4 Å². The van der Waals surface area contributed by atoms with Crippen molar-refractivity contribution in [3.05, 3.63) is 29.8 Å². The summed E-state index contributed by atoms with van der Waals surface area (Å²) in [6.07, 6.45) is 0. The molecule has 82 valence electrons. The molecule has 0 aliphatic rings. The molecule has 0 amide bonds. The highest BCUT2D eigenvalue weighted by Crippen LogP contribution is 2.12. The van der Waals surface area contributed by atoms with Gasteiger partial charge < -0.3 is 5.11 Å². The van der Waals surface area contributed by atoms with Gasteiger partial charge >= 0.3 is 5.97 Å². The van der Waals surface area contributed by atoms with Crippen LogP contribution >= 0.6 is 0 Å². The van der Waals surface area contributed by atoms with Gasteiger partial charge in [-0.25, -0.2) is 4.79 Å². The topological polar surface area (TPSA) is 54.4 Å². The van der Waals surface area contributed by atoms with Crippen LogP contribution < -0.4 is 0 Å². The molecule has 0 saturated heterocycles. The second-order valence-electron chi connectivity index (χ2n) is 3.74. The van der Waals surface area contributed by atoms with Gasteiger partial charge in [0, 0.05) is 10.6 Å². The third-order valence-electron chi connectivity index (χ3n) is 1.83. The molecule has 0 aliphatic heterocycles. The molecule has 3 nitrogen and oxygen atoms in total. The van der Waals surface area contributed by atoms with E-state index in [4.69, 9.17) is 5.11 Å². The van der Waals surface area contributed by atoms with Crippen LogP contribution in [0.1, 0.15) is 24.2 Å². The van der Waals surface area contributed by atoms with E-state index in [0.29, 0.717) is 16.6 Å². The predicted molar refractivity (Wildman–Crippen MR) is 59.5 cm³/mol. The average Bonchev–Trinajstić information content (AvgIpc) is 2.17. The predicted octanol–water partition coefficient (Wildman–Crippen LogP) is 2.15. The highest BCUT2D eigenvalue weighted by atomic mass is 32.2. The van der Waals surface area contributed by atoms with E-state index in [1.54, 1.807) is 12.1 Å². The van der Waals surface area contributed by atoms with Crippen molar-refractivity contribution in [1.29, 1.82) is 0 Å². The molecule has 1 atom stereocenters. The van der Waals surface area contributed by atoms with Gasteiger partial charge in [0.1, 0.15) is 0 Å². The van der Waals surface area contributed by atoms with Crippen LogP contribution in [0.4, 0.5) is 0 Å². The normalized spacial score (nSPS) is 12.7. The lowest BCUT2D eigenvalue weighted by molar-refractivity contribution is 0.0696. The summed E-state index contributed by atoms with van der Waals surface area (Å²) < 4.78 is 11.7. The molecule has 0 spiro atoms.